The molecule has 150 valence electrons. The third kappa shape index (κ3) is 3.50. The summed E-state index contributed by atoms with van der Waals surface area (Å²) in [6.07, 6.45) is 6.49. The molecule has 0 bridgehead atoms. The molecule has 2 N–H and O–H groups in total. The van der Waals surface area contributed by atoms with Crippen LogP contribution in [0.15, 0.2) is 48.8 Å². The smallest absolute Gasteiger partial charge is 0.261 e. The SMILES string of the molecule is O=C(NCc1ccccc1-n1cccn1)c1cc2c(s1)CCOC21CCNCC1. The van der Waals surface area contributed by atoms with E-state index in [1.807, 2.05) is 41.2 Å². The van der Waals surface area contributed by atoms with Gasteiger partial charge in [-0.3, -0.25) is 4.79 Å². The largest absolute Gasteiger partial charge is 0.370 e. The van der Waals surface area contributed by atoms with Gasteiger partial charge in [-0.05, 0) is 55.3 Å². The number of rotatable bonds is 4. The van der Waals surface area contributed by atoms with Crippen LogP contribution in [0.4, 0.5) is 0 Å². The predicted molar refractivity (Wildman–Crippen MR) is 112 cm³/mol. The molecule has 1 spiro atoms. The van der Waals surface area contributed by atoms with Crippen LogP contribution in [0.25, 0.3) is 5.69 Å². The number of ether oxygens (including phenoxy) is 1. The molecule has 3 aromatic rings. The van der Waals surface area contributed by atoms with Crippen molar-refractivity contribution < 1.29 is 9.53 Å². The maximum atomic E-state index is 12.9. The van der Waals surface area contributed by atoms with Crippen molar-refractivity contribution in [3.63, 3.8) is 0 Å². The molecule has 2 aromatic heterocycles. The van der Waals surface area contributed by atoms with Gasteiger partial charge in [-0.25, -0.2) is 4.68 Å². The number of fused-ring (bicyclic) bond motifs is 2. The Morgan fingerprint density at radius 3 is 2.97 bits per heavy atom. The van der Waals surface area contributed by atoms with Crippen molar-refractivity contribution in [1.29, 1.82) is 0 Å². The first-order valence-electron chi connectivity index (χ1n) is 10.1. The van der Waals surface area contributed by atoms with Gasteiger partial charge in [-0.1, -0.05) is 18.2 Å². The zero-order chi connectivity index (χ0) is 19.7. The van der Waals surface area contributed by atoms with Crippen molar-refractivity contribution in [2.24, 2.45) is 0 Å². The van der Waals surface area contributed by atoms with E-state index >= 15 is 0 Å². The van der Waals surface area contributed by atoms with Gasteiger partial charge < -0.3 is 15.4 Å². The lowest BCUT2D eigenvalue weighted by Gasteiger charge is -2.40. The number of carbonyl (C=O) groups is 1. The third-order valence-corrected chi connectivity index (χ3v) is 7.02. The molecule has 6 nitrogen and oxygen atoms in total. The fourth-order valence-corrected chi connectivity index (χ4v) is 5.48. The van der Waals surface area contributed by atoms with E-state index in [4.69, 9.17) is 4.74 Å². The van der Waals surface area contributed by atoms with Crippen molar-refractivity contribution in [3.05, 3.63) is 69.7 Å². The molecular formula is C22H24N4O2S. The number of aromatic nitrogens is 2. The minimum atomic E-state index is -0.208. The van der Waals surface area contributed by atoms with Crippen molar-refractivity contribution in [1.82, 2.24) is 20.4 Å². The van der Waals surface area contributed by atoms with Crippen molar-refractivity contribution in [3.8, 4) is 5.69 Å². The standard InChI is InChI=1S/C22H24N4O2S/c27-21(24-15-16-4-1-2-5-18(16)26-12-3-9-25-26)20-14-17-19(29-20)6-13-28-22(17)7-10-23-11-8-22/h1-5,9,12,14,23H,6-8,10-11,13,15H2,(H,24,27). The van der Waals surface area contributed by atoms with Gasteiger partial charge >= 0.3 is 0 Å². The number of hydrogen-bond acceptors (Lipinski definition) is 5. The first-order chi connectivity index (χ1) is 14.3. The van der Waals surface area contributed by atoms with Crippen LogP contribution in [0.5, 0.6) is 0 Å². The van der Waals surface area contributed by atoms with E-state index in [0.717, 1.165) is 55.1 Å². The van der Waals surface area contributed by atoms with E-state index in [1.165, 1.54) is 10.4 Å². The summed E-state index contributed by atoms with van der Waals surface area (Å²) < 4.78 is 8.06. The van der Waals surface area contributed by atoms with Crippen LogP contribution in [-0.4, -0.2) is 35.4 Å². The molecule has 0 radical (unpaired) electrons. The van der Waals surface area contributed by atoms with Crippen molar-refractivity contribution in [2.45, 2.75) is 31.4 Å². The lowest BCUT2D eigenvalue weighted by atomic mass is 9.83. The lowest BCUT2D eigenvalue weighted by Crippen LogP contribution is -2.44. The third-order valence-electron chi connectivity index (χ3n) is 5.82. The second-order valence-electron chi connectivity index (χ2n) is 7.55. The fourth-order valence-electron chi connectivity index (χ4n) is 4.33. The highest BCUT2D eigenvalue weighted by Gasteiger charge is 2.40. The number of para-hydroxylation sites is 1. The zero-order valence-corrected chi connectivity index (χ0v) is 17.0. The lowest BCUT2D eigenvalue weighted by molar-refractivity contribution is -0.0792. The Balaban J connectivity index is 1.34. The van der Waals surface area contributed by atoms with E-state index < -0.39 is 0 Å². The van der Waals surface area contributed by atoms with E-state index in [0.29, 0.717) is 6.54 Å². The van der Waals surface area contributed by atoms with Gasteiger partial charge in [0.15, 0.2) is 0 Å². The van der Waals surface area contributed by atoms with Gasteiger partial charge in [0.25, 0.3) is 5.91 Å². The Labute approximate surface area is 173 Å². The van der Waals surface area contributed by atoms with Crippen LogP contribution in [-0.2, 0) is 23.3 Å². The molecule has 0 saturated carbocycles. The van der Waals surface area contributed by atoms with Crippen LogP contribution in [0.1, 0.15) is 38.5 Å². The molecule has 7 heteroatoms. The van der Waals surface area contributed by atoms with E-state index in [2.05, 4.69) is 21.8 Å². The van der Waals surface area contributed by atoms with Crippen LogP contribution in [0.2, 0.25) is 0 Å². The highest BCUT2D eigenvalue weighted by Crippen LogP contribution is 2.43. The van der Waals surface area contributed by atoms with Gasteiger partial charge in [0.2, 0.25) is 0 Å². The van der Waals surface area contributed by atoms with Crippen LogP contribution in [0.3, 0.4) is 0 Å². The molecule has 0 atom stereocenters. The number of thiophene rings is 1. The summed E-state index contributed by atoms with van der Waals surface area (Å²) in [6.45, 7) is 3.12. The quantitative estimate of drug-likeness (QED) is 0.696. The van der Waals surface area contributed by atoms with Gasteiger partial charge in [0.05, 0.1) is 22.8 Å². The number of nitrogens with zero attached hydrogens (tertiary/aromatic N) is 2. The van der Waals surface area contributed by atoms with Crippen molar-refractivity contribution in [2.75, 3.05) is 19.7 Å². The van der Waals surface area contributed by atoms with Crippen molar-refractivity contribution >= 4 is 17.2 Å². The second kappa shape index (κ2) is 7.74. The Kier molecular flexibility index (Phi) is 4.95. The van der Waals surface area contributed by atoms with Gasteiger partial charge in [0, 0.05) is 30.2 Å². The Morgan fingerprint density at radius 1 is 1.28 bits per heavy atom. The summed E-state index contributed by atoms with van der Waals surface area (Å²) in [4.78, 5) is 15.0. The fraction of sp³-hybridized carbons (Fsp3) is 0.364. The molecule has 5 rings (SSSR count). The van der Waals surface area contributed by atoms with Crippen LogP contribution < -0.4 is 10.6 Å². The molecule has 0 unspecified atom stereocenters. The Bertz CT molecular complexity index is 1010. The molecule has 1 aromatic carbocycles. The average Bonchev–Trinajstić information content (AvgIpc) is 3.44. The zero-order valence-electron chi connectivity index (χ0n) is 16.2. The normalized spacial score (nSPS) is 17.8. The summed E-state index contributed by atoms with van der Waals surface area (Å²) in [7, 11) is 0. The van der Waals surface area contributed by atoms with Gasteiger partial charge in [0.1, 0.15) is 0 Å². The molecule has 1 fully saturated rings. The number of nitrogens with one attached hydrogen (secondary N) is 2. The molecule has 2 aliphatic rings. The Morgan fingerprint density at radius 2 is 2.14 bits per heavy atom. The number of amides is 1. The van der Waals surface area contributed by atoms with E-state index in [1.54, 1.807) is 17.5 Å². The monoisotopic (exact) mass is 408 g/mol. The van der Waals surface area contributed by atoms with E-state index in [-0.39, 0.29) is 11.5 Å². The number of hydrogen-bond donors (Lipinski definition) is 2. The summed E-state index contributed by atoms with van der Waals surface area (Å²) in [5, 5.41) is 10.8. The number of piperidine rings is 1. The second-order valence-corrected chi connectivity index (χ2v) is 8.69. The number of carbonyl (C=O) groups excluding carboxylic acids is 1. The maximum Gasteiger partial charge on any atom is 0.261 e. The van der Waals surface area contributed by atoms with Crippen LogP contribution >= 0.6 is 11.3 Å². The maximum absolute atomic E-state index is 12.9. The summed E-state index contributed by atoms with van der Waals surface area (Å²) in [5.41, 5.74) is 3.03. The summed E-state index contributed by atoms with van der Waals surface area (Å²) >= 11 is 1.62. The number of benzene rings is 1. The molecule has 0 aliphatic carbocycles. The van der Waals surface area contributed by atoms with E-state index in [9.17, 15) is 4.79 Å². The highest BCUT2D eigenvalue weighted by molar-refractivity contribution is 7.14. The average molecular weight is 409 g/mol. The minimum Gasteiger partial charge on any atom is -0.370 e. The van der Waals surface area contributed by atoms with Gasteiger partial charge in [-0.15, -0.1) is 11.3 Å². The molecule has 1 saturated heterocycles. The summed E-state index contributed by atoms with van der Waals surface area (Å²) in [5.74, 6) is -0.0243. The molecule has 2 aliphatic heterocycles. The first kappa shape index (κ1) is 18.5. The first-order valence-corrected chi connectivity index (χ1v) is 10.9. The summed E-state index contributed by atoms with van der Waals surface area (Å²) in [6, 6.07) is 12.0. The molecule has 1 amide bonds. The molecule has 4 heterocycles. The molecular weight excluding hydrogens is 384 g/mol. The van der Waals surface area contributed by atoms with Crippen LogP contribution in [0, 0.1) is 0 Å². The predicted octanol–water partition coefficient (Wildman–Crippen LogP) is 3.02. The van der Waals surface area contributed by atoms with Gasteiger partial charge in [-0.2, -0.15) is 5.10 Å². The topological polar surface area (TPSA) is 68.2 Å². The minimum absolute atomic E-state index is 0.0243. The molecule has 29 heavy (non-hydrogen) atoms. The highest BCUT2D eigenvalue weighted by atomic mass is 32.1. The Hall–Kier alpha value is -2.48.